The molecule has 5 heteroatoms. The number of Topliss-reactive ketones (excluding diaryl/α,β-unsaturated/α-hetero) is 1. The zero-order valence-corrected chi connectivity index (χ0v) is 13.4. The highest BCUT2D eigenvalue weighted by Gasteiger charge is 2.21. The van der Waals surface area contributed by atoms with Crippen molar-refractivity contribution in [2.75, 3.05) is 20.8 Å². The molecule has 1 atom stereocenters. The van der Waals surface area contributed by atoms with E-state index in [4.69, 9.17) is 14.2 Å². The van der Waals surface area contributed by atoms with Crippen molar-refractivity contribution in [3.8, 4) is 11.5 Å². The van der Waals surface area contributed by atoms with E-state index in [0.29, 0.717) is 28.0 Å². The Hall–Kier alpha value is -1.07. The van der Waals surface area contributed by atoms with Gasteiger partial charge in [-0.2, -0.15) is 0 Å². The topological polar surface area (TPSA) is 44.8 Å². The van der Waals surface area contributed by atoms with E-state index in [2.05, 4.69) is 15.9 Å². The molecule has 0 saturated carbocycles. The summed E-state index contributed by atoms with van der Waals surface area (Å²) in [7, 11) is 3.14. The third-order valence-corrected chi connectivity index (χ3v) is 4.10. The predicted octanol–water partition coefficient (Wildman–Crippen LogP) is 3.61. The molecule has 0 radical (unpaired) electrons. The fraction of sp³-hybridized carbons (Fsp3) is 0.533. The van der Waals surface area contributed by atoms with Crippen LogP contribution >= 0.6 is 15.9 Å². The molecule has 1 unspecified atom stereocenters. The molecule has 0 amide bonds. The lowest BCUT2D eigenvalue weighted by molar-refractivity contribution is 0.0856. The average molecular weight is 343 g/mol. The Labute approximate surface area is 127 Å². The minimum atomic E-state index is 0.0619. The van der Waals surface area contributed by atoms with E-state index >= 15 is 0 Å². The largest absolute Gasteiger partial charge is 0.497 e. The minimum absolute atomic E-state index is 0.0619. The van der Waals surface area contributed by atoms with E-state index < -0.39 is 0 Å². The predicted molar refractivity (Wildman–Crippen MR) is 79.8 cm³/mol. The number of halogens is 1. The summed E-state index contributed by atoms with van der Waals surface area (Å²) in [6.45, 7) is 0.814. The number of methoxy groups -OCH3 is 2. The summed E-state index contributed by atoms with van der Waals surface area (Å²) in [5.41, 5.74) is 0.575. The Morgan fingerprint density at radius 1 is 1.40 bits per heavy atom. The quantitative estimate of drug-likeness (QED) is 0.741. The molecule has 4 nitrogen and oxygen atoms in total. The van der Waals surface area contributed by atoms with Crippen LogP contribution in [0.3, 0.4) is 0 Å². The number of hydrogen-bond donors (Lipinski definition) is 0. The molecule has 1 aliphatic heterocycles. The maximum atomic E-state index is 12.4. The van der Waals surface area contributed by atoms with E-state index in [-0.39, 0.29) is 11.9 Å². The van der Waals surface area contributed by atoms with Crippen molar-refractivity contribution < 1.29 is 19.0 Å². The van der Waals surface area contributed by atoms with Crippen LogP contribution in [0, 0.1) is 0 Å². The molecular weight excluding hydrogens is 324 g/mol. The van der Waals surface area contributed by atoms with Gasteiger partial charge in [-0.1, -0.05) is 0 Å². The number of rotatable bonds is 6. The van der Waals surface area contributed by atoms with Gasteiger partial charge in [-0.3, -0.25) is 4.79 Å². The zero-order valence-electron chi connectivity index (χ0n) is 11.8. The van der Waals surface area contributed by atoms with Crippen molar-refractivity contribution in [3.63, 3.8) is 0 Å². The molecule has 0 bridgehead atoms. The van der Waals surface area contributed by atoms with Gasteiger partial charge in [0.15, 0.2) is 5.78 Å². The fourth-order valence-corrected chi connectivity index (χ4v) is 3.04. The molecule has 1 aromatic rings. The third kappa shape index (κ3) is 3.52. The van der Waals surface area contributed by atoms with Crippen molar-refractivity contribution in [1.29, 1.82) is 0 Å². The normalized spacial score (nSPS) is 18.1. The average Bonchev–Trinajstić information content (AvgIpc) is 2.97. The number of carbonyl (C=O) groups excluding carboxylic acids is 1. The first kappa shape index (κ1) is 15.3. The molecule has 110 valence electrons. The van der Waals surface area contributed by atoms with Crippen LogP contribution in [0.5, 0.6) is 11.5 Å². The van der Waals surface area contributed by atoms with Crippen LogP contribution in [0.4, 0.5) is 0 Å². The molecule has 2 rings (SSSR count). The van der Waals surface area contributed by atoms with E-state index in [1.54, 1.807) is 26.4 Å². The van der Waals surface area contributed by atoms with E-state index in [9.17, 15) is 4.79 Å². The van der Waals surface area contributed by atoms with Gasteiger partial charge in [0.1, 0.15) is 11.5 Å². The molecule has 0 N–H and O–H groups in total. The Kier molecular flexibility index (Phi) is 5.43. The fourth-order valence-electron chi connectivity index (χ4n) is 2.40. The van der Waals surface area contributed by atoms with Crippen molar-refractivity contribution in [1.82, 2.24) is 0 Å². The van der Waals surface area contributed by atoms with E-state index in [1.165, 1.54) is 0 Å². The van der Waals surface area contributed by atoms with Crippen LogP contribution in [0.2, 0.25) is 0 Å². The van der Waals surface area contributed by atoms with Gasteiger partial charge in [-0.05, 0) is 41.3 Å². The minimum Gasteiger partial charge on any atom is -0.497 e. The van der Waals surface area contributed by atoms with Gasteiger partial charge in [0.25, 0.3) is 0 Å². The van der Waals surface area contributed by atoms with Gasteiger partial charge in [0.2, 0.25) is 0 Å². The molecule has 20 heavy (non-hydrogen) atoms. The Morgan fingerprint density at radius 2 is 2.20 bits per heavy atom. The van der Waals surface area contributed by atoms with Crippen molar-refractivity contribution in [2.45, 2.75) is 31.8 Å². The molecule has 1 fully saturated rings. The van der Waals surface area contributed by atoms with Crippen LogP contribution in [0.25, 0.3) is 0 Å². The summed E-state index contributed by atoms with van der Waals surface area (Å²) >= 11 is 3.42. The molecule has 0 aromatic heterocycles. The smallest absolute Gasteiger partial charge is 0.167 e. The molecule has 1 saturated heterocycles. The van der Waals surface area contributed by atoms with Gasteiger partial charge >= 0.3 is 0 Å². The van der Waals surface area contributed by atoms with Gasteiger partial charge in [0, 0.05) is 23.6 Å². The lowest BCUT2D eigenvalue weighted by Crippen LogP contribution is -2.10. The maximum absolute atomic E-state index is 12.4. The highest BCUT2D eigenvalue weighted by Crippen LogP contribution is 2.33. The number of benzene rings is 1. The first-order valence-electron chi connectivity index (χ1n) is 6.72. The molecule has 1 heterocycles. The van der Waals surface area contributed by atoms with Crippen LogP contribution in [0.1, 0.15) is 36.0 Å². The summed E-state index contributed by atoms with van der Waals surface area (Å²) in [5, 5.41) is 0. The zero-order chi connectivity index (χ0) is 14.5. The first-order valence-corrected chi connectivity index (χ1v) is 7.51. The van der Waals surface area contributed by atoms with Crippen LogP contribution < -0.4 is 9.47 Å². The maximum Gasteiger partial charge on any atom is 0.167 e. The highest BCUT2D eigenvalue weighted by molar-refractivity contribution is 9.10. The number of ketones is 1. The highest BCUT2D eigenvalue weighted by atomic mass is 79.9. The van der Waals surface area contributed by atoms with E-state index in [1.807, 2.05) is 0 Å². The van der Waals surface area contributed by atoms with Crippen molar-refractivity contribution in [3.05, 3.63) is 22.2 Å². The van der Waals surface area contributed by atoms with Crippen LogP contribution in [-0.2, 0) is 4.74 Å². The van der Waals surface area contributed by atoms with Gasteiger partial charge in [0.05, 0.1) is 25.9 Å². The SMILES string of the molecule is COc1cc(Br)c(C(=O)CCC2CCCO2)c(OC)c1. The Balaban J connectivity index is 2.11. The summed E-state index contributed by atoms with van der Waals surface area (Å²) in [6.07, 6.45) is 3.59. The second-order valence-electron chi connectivity index (χ2n) is 4.78. The summed E-state index contributed by atoms with van der Waals surface area (Å²) in [4.78, 5) is 12.4. The Morgan fingerprint density at radius 3 is 2.80 bits per heavy atom. The standard InChI is InChI=1S/C15H19BrO4/c1-18-11-8-12(16)15(14(9-11)19-2)13(17)6-5-10-4-3-7-20-10/h8-10H,3-7H2,1-2H3. The molecule has 0 spiro atoms. The summed E-state index contributed by atoms with van der Waals surface area (Å²) in [5.74, 6) is 1.25. The van der Waals surface area contributed by atoms with Crippen molar-refractivity contribution >= 4 is 21.7 Å². The molecule has 0 aliphatic carbocycles. The number of ether oxygens (including phenoxy) is 3. The summed E-state index contributed by atoms with van der Waals surface area (Å²) < 4.78 is 16.7. The number of carbonyl (C=O) groups is 1. The van der Waals surface area contributed by atoms with Crippen LogP contribution in [0.15, 0.2) is 16.6 Å². The summed E-state index contributed by atoms with van der Waals surface area (Å²) in [6, 6.07) is 3.51. The molecule has 1 aliphatic rings. The van der Waals surface area contributed by atoms with Gasteiger partial charge in [-0.15, -0.1) is 0 Å². The third-order valence-electron chi connectivity index (χ3n) is 3.48. The molecular formula is C15H19BrO4. The van der Waals surface area contributed by atoms with Crippen LogP contribution in [-0.4, -0.2) is 32.7 Å². The van der Waals surface area contributed by atoms with Crippen molar-refractivity contribution in [2.24, 2.45) is 0 Å². The van der Waals surface area contributed by atoms with Gasteiger partial charge < -0.3 is 14.2 Å². The lowest BCUT2D eigenvalue weighted by atomic mass is 10.0. The second kappa shape index (κ2) is 7.09. The second-order valence-corrected chi connectivity index (χ2v) is 5.64. The molecule has 1 aromatic carbocycles. The first-order chi connectivity index (χ1) is 9.65. The monoisotopic (exact) mass is 342 g/mol. The lowest BCUT2D eigenvalue weighted by Gasteiger charge is -2.13. The number of hydrogen-bond acceptors (Lipinski definition) is 4. The Bertz CT molecular complexity index is 481. The van der Waals surface area contributed by atoms with E-state index in [0.717, 1.165) is 25.9 Å². The van der Waals surface area contributed by atoms with Gasteiger partial charge in [-0.25, -0.2) is 0 Å².